The lowest BCUT2D eigenvalue weighted by Gasteiger charge is -2.31. The van der Waals surface area contributed by atoms with Gasteiger partial charge in [-0.2, -0.15) is 0 Å². The number of nitrogens with zero attached hydrogens (tertiary/aromatic N) is 3. The summed E-state index contributed by atoms with van der Waals surface area (Å²) in [7, 11) is 0. The van der Waals surface area contributed by atoms with Crippen molar-refractivity contribution in [2.24, 2.45) is 5.92 Å². The van der Waals surface area contributed by atoms with Crippen LogP contribution in [0, 0.1) is 5.92 Å². The van der Waals surface area contributed by atoms with Crippen molar-refractivity contribution in [2.75, 3.05) is 37.7 Å². The van der Waals surface area contributed by atoms with Crippen LogP contribution < -0.4 is 10.5 Å². The molecule has 7 heteroatoms. The van der Waals surface area contributed by atoms with E-state index in [1.54, 1.807) is 4.90 Å². The number of H-pyrrole nitrogens is 1. The van der Waals surface area contributed by atoms with Crippen LogP contribution >= 0.6 is 0 Å². The Morgan fingerprint density at radius 1 is 1.27 bits per heavy atom. The van der Waals surface area contributed by atoms with Crippen molar-refractivity contribution in [3.63, 3.8) is 0 Å². The number of rotatable bonds is 2. The summed E-state index contributed by atoms with van der Waals surface area (Å²) >= 11 is 0. The molecule has 1 saturated heterocycles. The number of ether oxygens (including phenoxy) is 1. The quantitative estimate of drug-likeness (QED) is 0.841. The number of carbonyl (C=O) groups is 1. The summed E-state index contributed by atoms with van der Waals surface area (Å²) in [6.07, 6.45) is 0.569. The Labute approximate surface area is 129 Å². The minimum Gasteiger partial charge on any atom is -0.378 e. The summed E-state index contributed by atoms with van der Waals surface area (Å²) in [6.45, 7) is 7.51. The average Bonchev–Trinajstić information content (AvgIpc) is 2.54. The number of amides is 1. The average molecular weight is 306 g/mol. The number of hydrogen-bond donors (Lipinski definition) is 1. The Morgan fingerprint density at radius 3 is 2.68 bits per heavy atom. The largest absolute Gasteiger partial charge is 0.378 e. The normalized spacial score (nSPS) is 18.5. The fourth-order valence-corrected chi connectivity index (χ4v) is 2.90. The van der Waals surface area contributed by atoms with Gasteiger partial charge in [0.25, 0.3) is 5.56 Å². The highest BCUT2D eigenvalue weighted by Crippen LogP contribution is 2.18. The SMILES string of the molecule is CC(C)C(=O)N1CCc2c(nc(N3CCOCC3)[nH]c2=O)C1. The van der Waals surface area contributed by atoms with Crippen LogP contribution in [0.1, 0.15) is 25.1 Å². The van der Waals surface area contributed by atoms with E-state index in [1.807, 2.05) is 18.7 Å². The predicted molar refractivity (Wildman–Crippen MR) is 81.8 cm³/mol. The minimum atomic E-state index is -0.0804. The number of hydrogen-bond acceptors (Lipinski definition) is 5. The molecule has 22 heavy (non-hydrogen) atoms. The zero-order chi connectivity index (χ0) is 15.7. The van der Waals surface area contributed by atoms with Crippen molar-refractivity contribution in [1.82, 2.24) is 14.9 Å². The van der Waals surface area contributed by atoms with Gasteiger partial charge in [-0.15, -0.1) is 0 Å². The van der Waals surface area contributed by atoms with Gasteiger partial charge in [0.05, 0.1) is 25.5 Å². The lowest BCUT2D eigenvalue weighted by molar-refractivity contribution is -0.135. The molecule has 1 fully saturated rings. The molecule has 0 aliphatic carbocycles. The molecule has 0 spiro atoms. The smallest absolute Gasteiger partial charge is 0.255 e. The minimum absolute atomic E-state index is 0.0396. The first-order valence-corrected chi connectivity index (χ1v) is 7.80. The molecule has 3 heterocycles. The monoisotopic (exact) mass is 306 g/mol. The van der Waals surface area contributed by atoms with Crippen molar-refractivity contribution in [3.8, 4) is 0 Å². The van der Waals surface area contributed by atoms with Crippen LogP contribution in [0.4, 0.5) is 5.95 Å². The molecule has 3 rings (SSSR count). The zero-order valence-electron chi connectivity index (χ0n) is 13.1. The highest BCUT2D eigenvalue weighted by Gasteiger charge is 2.26. The van der Waals surface area contributed by atoms with E-state index in [0.717, 1.165) is 18.8 Å². The van der Waals surface area contributed by atoms with Gasteiger partial charge in [-0.3, -0.25) is 14.6 Å². The summed E-state index contributed by atoms with van der Waals surface area (Å²) in [5.41, 5.74) is 1.36. The predicted octanol–water partition coefficient (Wildman–Crippen LogP) is 0.147. The van der Waals surface area contributed by atoms with Gasteiger partial charge in [0.2, 0.25) is 11.9 Å². The molecule has 7 nitrogen and oxygen atoms in total. The molecule has 2 aliphatic heterocycles. The first kappa shape index (κ1) is 15.0. The summed E-state index contributed by atoms with van der Waals surface area (Å²) in [5.74, 6) is 0.661. The molecule has 1 amide bonds. The Balaban J connectivity index is 1.87. The van der Waals surface area contributed by atoms with Gasteiger partial charge >= 0.3 is 0 Å². The molecule has 0 aromatic carbocycles. The van der Waals surface area contributed by atoms with Crippen LogP contribution in [0.3, 0.4) is 0 Å². The second kappa shape index (κ2) is 6.08. The van der Waals surface area contributed by atoms with E-state index < -0.39 is 0 Å². The Hall–Kier alpha value is -1.89. The molecule has 0 bridgehead atoms. The van der Waals surface area contributed by atoms with Gasteiger partial charge in [0.15, 0.2) is 0 Å². The molecule has 0 unspecified atom stereocenters. The van der Waals surface area contributed by atoms with Crippen LogP contribution in [0.5, 0.6) is 0 Å². The lowest BCUT2D eigenvalue weighted by Crippen LogP contribution is -2.43. The topological polar surface area (TPSA) is 78.5 Å². The standard InChI is InChI=1S/C15H22N4O3/c1-10(2)14(21)19-4-3-11-12(9-19)16-15(17-13(11)20)18-5-7-22-8-6-18/h10H,3-9H2,1-2H3,(H,16,17,20). The van der Waals surface area contributed by atoms with E-state index in [2.05, 4.69) is 9.97 Å². The fraction of sp³-hybridized carbons (Fsp3) is 0.667. The summed E-state index contributed by atoms with van der Waals surface area (Å²) in [5, 5.41) is 0. The molecule has 1 aromatic rings. The number of aromatic amines is 1. The number of fused-ring (bicyclic) bond motifs is 1. The van der Waals surface area contributed by atoms with E-state index in [-0.39, 0.29) is 17.4 Å². The number of aromatic nitrogens is 2. The maximum absolute atomic E-state index is 12.3. The summed E-state index contributed by atoms with van der Waals surface area (Å²) in [4.78, 5) is 35.7. The molecule has 1 aromatic heterocycles. The molecule has 0 radical (unpaired) electrons. The van der Waals surface area contributed by atoms with Crippen molar-refractivity contribution in [1.29, 1.82) is 0 Å². The third kappa shape index (κ3) is 2.85. The summed E-state index contributed by atoms with van der Waals surface area (Å²) < 4.78 is 5.32. The van der Waals surface area contributed by atoms with E-state index in [4.69, 9.17) is 4.74 Å². The zero-order valence-corrected chi connectivity index (χ0v) is 13.1. The second-order valence-corrected chi connectivity index (χ2v) is 6.08. The van der Waals surface area contributed by atoms with Crippen LogP contribution in [-0.2, 0) is 22.5 Å². The third-order valence-electron chi connectivity index (χ3n) is 4.18. The molecular formula is C15H22N4O3. The van der Waals surface area contributed by atoms with Crippen molar-refractivity contribution in [3.05, 3.63) is 21.6 Å². The first-order chi connectivity index (χ1) is 10.6. The van der Waals surface area contributed by atoms with E-state index in [9.17, 15) is 9.59 Å². The Morgan fingerprint density at radius 2 is 2.00 bits per heavy atom. The number of morpholine rings is 1. The van der Waals surface area contributed by atoms with E-state index >= 15 is 0 Å². The van der Waals surface area contributed by atoms with Crippen molar-refractivity contribution < 1.29 is 9.53 Å². The number of carbonyl (C=O) groups excluding carboxylic acids is 1. The van der Waals surface area contributed by atoms with Gasteiger partial charge in [0, 0.05) is 31.1 Å². The summed E-state index contributed by atoms with van der Waals surface area (Å²) in [6, 6.07) is 0. The van der Waals surface area contributed by atoms with Gasteiger partial charge < -0.3 is 14.5 Å². The Bertz CT molecular complexity index is 620. The highest BCUT2D eigenvalue weighted by molar-refractivity contribution is 5.78. The van der Waals surface area contributed by atoms with Crippen molar-refractivity contribution >= 4 is 11.9 Å². The maximum atomic E-state index is 12.3. The van der Waals surface area contributed by atoms with Crippen LogP contribution in [0.2, 0.25) is 0 Å². The van der Waals surface area contributed by atoms with Crippen LogP contribution in [-0.4, -0.2) is 53.6 Å². The molecule has 2 aliphatic rings. The Kier molecular flexibility index (Phi) is 4.15. The first-order valence-electron chi connectivity index (χ1n) is 7.80. The fourth-order valence-electron chi connectivity index (χ4n) is 2.90. The van der Waals surface area contributed by atoms with E-state index in [1.165, 1.54) is 0 Å². The second-order valence-electron chi connectivity index (χ2n) is 6.08. The van der Waals surface area contributed by atoms with Gasteiger partial charge in [-0.25, -0.2) is 4.98 Å². The van der Waals surface area contributed by atoms with Gasteiger partial charge in [0.1, 0.15) is 0 Å². The van der Waals surface area contributed by atoms with Crippen molar-refractivity contribution in [2.45, 2.75) is 26.8 Å². The van der Waals surface area contributed by atoms with Crippen LogP contribution in [0.15, 0.2) is 4.79 Å². The molecule has 0 atom stereocenters. The number of anilines is 1. The molecule has 0 saturated carbocycles. The van der Waals surface area contributed by atoms with Gasteiger partial charge in [-0.05, 0) is 6.42 Å². The molecule has 120 valence electrons. The third-order valence-corrected chi connectivity index (χ3v) is 4.18. The number of nitrogens with one attached hydrogen (secondary N) is 1. The lowest BCUT2D eigenvalue weighted by atomic mass is 10.0. The molecule has 1 N–H and O–H groups in total. The highest BCUT2D eigenvalue weighted by atomic mass is 16.5. The van der Waals surface area contributed by atoms with Gasteiger partial charge in [-0.1, -0.05) is 13.8 Å². The van der Waals surface area contributed by atoms with Crippen LogP contribution in [0.25, 0.3) is 0 Å². The van der Waals surface area contributed by atoms with E-state index in [0.29, 0.717) is 44.2 Å². The maximum Gasteiger partial charge on any atom is 0.255 e. The molecular weight excluding hydrogens is 284 g/mol.